The molecule has 0 fully saturated rings. The van der Waals surface area contributed by atoms with Crippen molar-refractivity contribution in [3.05, 3.63) is 64.5 Å². The van der Waals surface area contributed by atoms with Gasteiger partial charge in [-0.25, -0.2) is 9.78 Å². The lowest BCUT2D eigenvalue weighted by Gasteiger charge is -2.08. The van der Waals surface area contributed by atoms with Crippen LogP contribution in [0.2, 0.25) is 0 Å². The van der Waals surface area contributed by atoms with Gasteiger partial charge in [-0.2, -0.15) is 0 Å². The van der Waals surface area contributed by atoms with Crippen molar-refractivity contribution < 1.29 is 4.79 Å². The Balaban J connectivity index is 1.63. The Labute approximate surface area is 139 Å². The van der Waals surface area contributed by atoms with Gasteiger partial charge in [-0.15, -0.1) is 11.3 Å². The van der Waals surface area contributed by atoms with Crippen molar-refractivity contribution >= 4 is 28.7 Å². The van der Waals surface area contributed by atoms with Crippen molar-refractivity contribution in [2.75, 3.05) is 10.6 Å². The molecule has 23 heavy (non-hydrogen) atoms. The molecule has 0 aliphatic heterocycles. The van der Waals surface area contributed by atoms with E-state index in [1.807, 2.05) is 67.8 Å². The number of urea groups is 1. The van der Waals surface area contributed by atoms with Crippen LogP contribution in [0.4, 0.5) is 16.2 Å². The molecule has 2 aromatic carbocycles. The summed E-state index contributed by atoms with van der Waals surface area (Å²) in [5.74, 6) is 0. The number of rotatable bonds is 3. The van der Waals surface area contributed by atoms with Crippen molar-refractivity contribution in [2.45, 2.75) is 13.8 Å². The minimum Gasteiger partial charge on any atom is -0.308 e. The van der Waals surface area contributed by atoms with E-state index in [0.29, 0.717) is 0 Å². The summed E-state index contributed by atoms with van der Waals surface area (Å²) in [5, 5.41) is 8.70. The number of nitrogens with zero attached hydrogens (tertiary/aromatic N) is 1. The SMILES string of the molecule is Cc1ccc(NC(=O)Nc2ccc(-c3csc(C)n3)cc2)cc1. The summed E-state index contributed by atoms with van der Waals surface area (Å²) in [7, 11) is 0. The highest BCUT2D eigenvalue weighted by molar-refractivity contribution is 7.09. The predicted molar refractivity (Wildman–Crippen MR) is 96.1 cm³/mol. The van der Waals surface area contributed by atoms with Gasteiger partial charge >= 0.3 is 6.03 Å². The van der Waals surface area contributed by atoms with Gasteiger partial charge in [-0.05, 0) is 38.1 Å². The standard InChI is InChI=1S/C18H17N3OS/c1-12-3-7-15(8-4-12)20-18(22)21-16-9-5-14(6-10-16)17-11-23-13(2)19-17/h3-11H,1-2H3,(H2,20,21,22). The van der Waals surface area contributed by atoms with Gasteiger partial charge in [-0.1, -0.05) is 29.8 Å². The molecule has 0 atom stereocenters. The topological polar surface area (TPSA) is 54.0 Å². The van der Waals surface area contributed by atoms with Crippen molar-refractivity contribution in [3.63, 3.8) is 0 Å². The third kappa shape index (κ3) is 3.96. The predicted octanol–water partition coefficient (Wildman–Crippen LogP) is 5.07. The summed E-state index contributed by atoms with van der Waals surface area (Å²) in [6.07, 6.45) is 0. The van der Waals surface area contributed by atoms with Gasteiger partial charge < -0.3 is 10.6 Å². The number of hydrogen-bond acceptors (Lipinski definition) is 3. The molecular formula is C18H17N3OS. The summed E-state index contributed by atoms with van der Waals surface area (Å²) < 4.78 is 0. The molecule has 1 heterocycles. The highest BCUT2D eigenvalue weighted by atomic mass is 32.1. The summed E-state index contributed by atoms with van der Waals surface area (Å²) in [5.41, 5.74) is 4.67. The van der Waals surface area contributed by atoms with Crippen molar-refractivity contribution in [3.8, 4) is 11.3 Å². The summed E-state index contributed by atoms with van der Waals surface area (Å²) in [6, 6.07) is 15.1. The molecule has 0 saturated carbocycles. The van der Waals surface area contributed by atoms with Crippen molar-refractivity contribution in [1.82, 2.24) is 4.98 Å². The number of thiazole rings is 1. The third-order valence-electron chi connectivity index (χ3n) is 3.37. The molecule has 4 nitrogen and oxygen atoms in total. The average molecular weight is 323 g/mol. The Kier molecular flexibility index (Phi) is 4.39. The first-order valence-electron chi connectivity index (χ1n) is 7.27. The van der Waals surface area contributed by atoms with Gasteiger partial charge in [0.25, 0.3) is 0 Å². The summed E-state index contributed by atoms with van der Waals surface area (Å²) in [6.45, 7) is 3.99. The maximum atomic E-state index is 12.0. The van der Waals surface area contributed by atoms with Crippen LogP contribution >= 0.6 is 11.3 Å². The Bertz CT molecular complexity index is 807. The fourth-order valence-electron chi connectivity index (χ4n) is 2.15. The van der Waals surface area contributed by atoms with Crippen LogP contribution in [0.1, 0.15) is 10.6 Å². The first kappa shape index (κ1) is 15.2. The normalized spacial score (nSPS) is 10.3. The van der Waals surface area contributed by atoms with Gasteiger partial charge in [0.05, 0.1) is 10.7 Å². The Morgan fingerprint density at radius 2 is 1.48 bits per heavy atom. The Hall–Kier alpha value is -2.66. The number of carbonyl (C=O) groups is 1. The number of anilines is 2. The molecule has 116 valence electrons. The van der Waals surface area contributed by atoms with Crippen LogP contribution in [0.15, 0.2) is 53.9 Å². The van der Waals surface area contributed by atoms with Gasteiger partial charge in [-0.3, -0.25) is 0 Å². The van der Waals surface area contributed by atoms with Crippen LogP contribution < -0.4 is 10.6 Å². The third-order valence-corrected chi connectivity index (χ3v) is 4.14. The highest BCUT2D eigenvalue weighted by Crippen LogP contribution is 2.23. The molecule has 0 aliphatic carbocycles. The maximum absolute atomic E-state index is 12.0. The molecular weight excluding hydrogens is 306 g/mol. The molecule has 0 saturated heterocycles. The van der Waals surface area contributed by atoms with Crippen LogP contribution in [0.5, 0.6) is 0 Å². The zero-order chi connectivity index (χ0) is 16.2. The summed E-state index contributed by atoms with van der Waals surface area (Å²) in [4.78, 5) is 16.4. The number of hydrogen-bond donors (Lipinski definition) is 2. The second-order valence-electron chi connectivity index (χ2n) is 5.27. The molecule has 0 bridgehead atoms. The Morgan fingerprint density at radius 3 is 2.00 bits per heavy atom. The van der Waals surface area contributed by atoms with E-state index < -0.39 is 0 Å². The van der Waals surface area contributed by atoms with E-state index in [0.717, 1.165) is 33.2 Å². The minimum atomic E-state index is -0.258. The zero-order valence-corrected chi connectivity index (χ0v) is 13.8. The minimum absolute atomic E-state index is 0.258. The smallest absolute Gasteiger partial charge is 0.308 e. The van der Waals surface area contributed by atoms with E-state index in [-0.39, 0.29) is 6.03 Å². The molecule has 0 unspecified atom stereocenters. The van der Waals surface area contributed by atoms with E-state index in [4.69, 9.17) is 0 Å². The second-order valence-corrected chi connectivity index (χ2v) is 6.34. The lowest BCUT2D eigenvalue weighted by Crippen LogP contribution is -2.19. The van der Waals surface area contributed by atoms with E-state index in [1.165, 1.54) is 0 Å². The first-order valence-corrected chi connectivity index (χ1v) is 8.15. The van der Waals surface area contributed by atoms with E-state index in [1.54, 1.807) is 11.3 Å². The fraction of sp³-hybridized carbons (Fsp3) is 0.111. The largest absolute Gasteiger partial charge is 0.323 e. The molecule has 1 aromatic heterocycles. The van der Waals surface area contributed by atoms with Crippen LogP contribution in [0.3, 0.4) is 0 Å². The van der Waals surface area contributed by atoms with E-state index in [9.17, 15) is 4.79 Å². The second kappa shape index (κ2) is 6.62. The number of carbonyl (C=O) groups excluding carboxylic acids is 1. The first-order chi connectivity index (χ1) is 11.1. The lowest BCUT2D eigenvalue weighted by molar-refractivity contribution is 0.262. The molecule has 3 rings (SSSR count). The average Bonchev–Trinajstić information content (AvgIpc) is 2.97. The molecule has 5 heteroatoms. The monoisotopic (exact) mass is 323 g/mol. The number of aromatic nitrogens is 1. The lowest BCUT2D eigenvalue weighted by atomic mass is 10.1. The van der Waals surface area contributed by atoms with Crippen LogP contribution in [-0.2, 0) is 0 Å². The highest BCUT2D eigenvalue weighted by Gasteiger charge is 2.05. The molecule has 3 aromatic rings. The molecule has 0 spiro atoms. The Morgan fingerprint density at radius 1 is 0.913 bits per heavy atom. The molecule has 2 amide bonds. The summed E-state index contributed by atoms with van der Waals surface area (Å²) >= 11 is 1.63. The quantitative estimate of drug-likeness (QED) is 0.707. The van der Waals surface area contributed by atoms with E-state index in [2.05, 4.69) is 15.6 Å². The molecule has 0 radical (unpaired) electrons. The van der Waals surface area contributed by atoms with Gasteiger partial charge in [0.1, 0.15) is 0 Å². The van der Waals surface area contributed by atoms with Crippen LogP contribution in [0.25, 0.3) is 11.3 Å². The fourth-order valence-corrected chi connectivity index (χ4v) is 2.77. The number of aryl methyl sites for hydroxylation is 2. The number of nitrogens with one attached hydrogen (secondary N) is 2. The van der Waals surface area contributed by atoms with Crippen LogP contribution in [0, 0.1) is 13.8 Å². The van der Waals surface area contributed by atoms with Crippen molar-refractivity contribution in [2.24, 2.45) is 0 Å². The molecule has 2 N–H and O–H groups in total. The molecule has 0 aliphatic rings. The maximum Gasteiger partial charge on any atom is 0.323 e. The van der Waals surface area contributed by atoms with Gasteiger partial charge in [0.15, 0.2) is 0 Å². The number of amides is 2. The van der Waals surface area contributed by atoms with Crippen molar-refractivity contribution in [1.29, 1.82) is 0 Å². The van der Waals surface area contributed by atoms with Gasteiger partial charge in [0.2, 0.25) is 0 Å². The zero-order valence-electron chi connectivity index (χ0n) is 13.0. The van der Waals surface area contributed by atoms with Gasteiger partial charge in [0, 0.05) is 22.3 Å². The number of benzene rings is 2. The van der Waals surface area contributed by atoms with Crippen LogP contribution in [-0.4, -0.2) is 11.0 Å². The van der Waals surface area contributed by atoms with E-state index >= 15 is 0 Å².